The zero-order valence-electron chi connectivity index (χ0n) is 11.4. The maximum absolute atomic E-state index is 12.1. The molecule has 1 aliphatic rings. The summed E-state index contributed by atoms with van der Waals surface area (Å²) in [6.45, 7) is 11.9. The van der Waals surface area contributed by atoms with Gasteiger partial charge >= 0.3 is 0 Å². The van der Waals surface area contributed by atoms with Crippen molar-refractivity contribution >= 4 is 5.78 Å². The minimum atomic E-state index is -0.322. The Hall–Kier alpha value is -0.410. The third kappa shape index (κ3) is 2.46. The van der Waals surface area contributed by atoms with Gasteiger partial charge in [-0.1, -0.05) is 13.8 Å². The average Bonchev–Trinajstić information content (AvgIpc) is 2.11. The molecule has 3 heteroatoms. The van der Waals surface area contributed by atoms with E-state index in [9.17, 15) is 10.0 Å². The Morgan fingerprint density at radius 2 is 1.56 bits per heavy atom. The van der Waals surface area contributed by atoms with Crippen molar-refractivity contribution in [3.05, 3.63) is 0 Å². The molecule has 1 fully saturated rings. The number of nitrogens with zero attached hydrogens (tertiary/aromatic N) is 1. The van der Waals surface area contributed by atoms with Crippen LogP contribution in [0.15, 0.2) is 0 Å². The molecule has 16 heavy (non-hydrogen) atoms. The summed E-state index contributed by atoms with van der Waals surface area (Å²) >= 11 is 0. The van der Waals surface area contributed by atoms with Crippen molar-refractivity contribution in [2.24, 2.45) is 11.8 Å². The van der Waals surface area contributed by atoms with Crippen LogP contribution in [0.25, 0.3) is 0 Å². The van der Waals surface area contributed by atoms with Crippen LogP contribution in [0.3, 0.4) is 0 Å². The number of ketones is 1. The first-order valence-corrected chi connectivity index (χ1v) is 6.11. The highest BCUT2D eigenvalue weighted by molar-refractivity contribution is 5.83. The van der Waals surface area contributed by atoms with E-state index in [2.05, 4.69) is 0 Å². The Morgan fingerprint density at radius 3 is 1.88 bits per heavy atom. The molecule has 0 bridgehead atoms. The van der Waals surface area contributed by atoms with Crippen molar-refractivity contribution in [3.63, 3.8) is 0 Å². The Kier molecular flexibility index (Phi) is 3.51. The van der Waals surface area contributed by atoms with Gasteiger partial charge in [0.1, 0.15) is 5.78 Å². The van der Waals surface area contributed by atoms with E-state index in [-0.39, 0.29) is 22.9 Å². The lowest BCUT2D eigenvalue weighted by atomic mass is 9.72. The Balaban J connectivity index is 2.91. The van der Waals surface area contributed by atoms with Gasteiger partial charge in [0.05, 0.1) is 0 Å². The number of carbonyl (C=O) groups excluding carboxylic acids is 1. The Morgan fingerprint density at radius 1 is 1.19 bits per heavy atom. The summed E-state index contributed by atoms with van der Waals surface area (Å²) in [5.74, 6) is 0.490. The first kappa shape index (κ1) is 13.7. The fourth-order valence-corrected chi connectivity index (χ4v) is 2.94. The van der Waals surface area contributed by atoms with Crippen LogP contribution in [-0.2, 0) is 4.79 Å². The van der Waals surface area contributed by atoms with E-state index in [1.165, 1.54) is 5.06 Å². The summed E-state index contributed by atoms with van der Waals surface area (Å²) in [5.41, 5.74) is -0.645. The van der Waals surface area contributed by atoms with E-state index in [0.29, 0.717) is 5.78 Å². The molecular formula is C13H25NO2. The molecule has 1 heterocycles. The van der Waals surface area contributed by atoms with Crippen molar-refractivity contribution in [2.45, 2.75) is 65.5 Å². The van der Waals surface area contributed by atoms with Crippen LogP contribution in [0, 0.1) is 11.8 Å². The van der Waals surface area contributed by atoms with Crippen LogP contribution >= 0.6 is 0 Å². The lowest BCUT2D eigenvalue weighted by Crippen LogP contribution is -2.60. The van der Waals surface area contributed by atoms with Gasteiger partial charge in [0.25, 0.3) is 0 Å². The van der Waals surface area contributed by atoms with Gasteiger partial charge in [-0.25, -0.2) is 0 Å². The highest BCUT2D eigenvalue weighted by atomic mass is 16.5. The first-order chi connectivity index (χ1) is 7.08. The molecule has 0 aromatic rings. The molecule has 3 nitrogen and oxygen atoms in total. The molecule has 1 rings (SSSR count). The Bertz CT molecular complexity index is 264. The van der Waals surface area contributed by atoms with Crippen LogP contribution in [0.4, 0.5) is 0 Å². The number of hydroxylamine groups is 2. The number of piperidine rings is 1. The predicted octanol–water partition coefficient (Wildman–Crippen LogP) is 2.87. The normalized spacial score (nSPS) is 26.0. The molecule has 0 spiro atoms. The van der Waals surface area contributed by atoms with Crippen LogP contribution in [0.1, 0.15) is 54.4 Å². The monoisotopic (exact) mass is 227 g/mol. The third-order valence-corrected chi connectivity index (χ3v) is 3.61. The van der Waals surface area contributed by atoms with Crippen molar-refractivity contribution in [2.75, 3.05) is 0 Å². The summed E-state index contributed by atoms with van der Waals surface area (Å²) in [5, 5.41) is 11.5. The zero-order valence-corrected chi connectivity index (χ0v) is 11.4. The second-order valence-corrected chi connectivity index (χ2v) is 6.60. The zero-order chi connectivity index (χ0) is 12.7. The highest BCUT2D eigenvalue weighted by Gasteiger charge is 2.47. The fraction of sp³-hybridized carbons (Fsp3) is 0.923. The summed E-state index contributed by atoms with van der Waals surface area (Å²) in [7, 11) is 0. The number of hydrogen-bond acceptors (Lipinski definition) is 3. The summed E-state index contributed by atoms with van der Waals surface area (Å²) in [4.78, 5) is 12.1. The SMILES string of the molecule is CC(C)C(=O)C1CC(C)(C)N(O)C(C)(C)C1. The molecule has 0 unspecified atom stereocenters. The van der Waals surface area contributed by atoms with E-state index in [1.807, 2.05) is 41.5 Å². The summed E-state index contributed by atoms with van der Waals surface area (Å²) in [6, 6.07) is 0. The van der Waals surface area contributed by atoms with E-state index in [0.717, 1.165) is 12.8 Å². The average molecular weight is 227 g/mol. The largest absolute Gasteiger partial charge is 0.313 e. The number of Topliss-reactive ketones (excluding diaryl/α,β-unsaturated/α-hetero) is 1. The number of rotatable bonds is 2. The van der Waals surface area contributed by atoms with Gasteiger partial charge in [0, 0.05) is 22.9 Å². The molecule has 0 atom stereocenters. The molecule has 0 aromatic carbocycles. The lowest BCUT2D eigenvalue weighted by molar-refractivity contribution is -0.249. The maximum Gasteiger partial charge on any atom is 0.138 e. The summed E-state index contributed by atoms with van der Waals surface area (Å²) in [6.07, 6.45) is 1.48. The van der Waals surface area contributed by atoms with Gasteiger partial charge in [-0.15, -0.1) is 0 Å². The molecule has 0 radical (unpaired) electrons. The summed E-state index contributed by atoms with van der Waals surface area (Å²) < 4.78 is 0. The minimum absolute atomic E-state index is 0.0772. The number of carbonyl (C=O) groups is 1. The standard InChI is InChI=1S/C13H25NO2/c1-9(2)11(15)10-7-12(3,4)14(16)13(5,6)8-10/h9-10,16H,7-8H2,1-6H3. The van der Waals surface area contributed by atoms with Crippen molar-refractivity contribution in [1.29, 1.82) is 0 Å². The molecule has 1 saturated heterocycles. The van der Waals surface area contributed by atoms with Gasteiger partial charge in [-0.05, 0) is 40.5 Å². The Labute approximate surface area is 98.8 Å². The van der Waals surface area contributed by atoms with E-state index in [4.69, 9.17) is 0 Å². The van der Waals surface area contributed by atoms with Crippen LogP contribution < -0.4 is 0 Å². The van der Waals surface area contributed by atoms with Gasteiger partial charge in [-0.3, -0.25) is 4.79 Å². The molecule has 0 amide bonds. The highest BCUT2D eigenvalue weighted by Crippen LogP contribution is 2.40. The molecule has 1 N–H and O–H groups in total. The van der Waals surface area contributed by atoms with E-state index < -0.39 is 0 Å². The van der Waals surface area contributed by atoms with Gasteiger partial charge in [-0.2, -0.15) is 5.06 Å². The maximum atomic E-state index is 12.1. The molecular weight excluding hydrogens is 202 g/mol. The molecule has 0 saturated carbocycles. The quantitative estimate of drug-likeness (QED) is 0.788. The molecule has 0 aromatic heterocycles. The molecule has 1 aliphatic heterocycles. The minimum Gasteiger partial charge on any atom is -0.313 e. The second-order valence-electron chi connectivity index (χ2n) is 6.60. The lowest BCUT2D eigenvalue weighted by Gasteiger charge is -2.51. The van der Waals surface area contributed by atoms with Gasteiger partial charge in [0.15, 0.2) is 0 Å². The van der Waals surface area contributed by atoms with Gasteiger partial charge < -0.3 is 5.21 Å². The van der Waals surface area contributed by atoms with Crippen molar-refractivity contribution < 1.29 is 10.0 Å². The second kappa shape index (κ2) is 4.11. The van der Waals surface area contributed by atoms with Gasteiger partial charge in [0.2, 0.25) is 0 Å². The van der Waals surface area contributed by atoms with Crippen LogP contribution in [-0.4, -0.2) is 27.1 Å². The predicted molar refractivity (Wildman–Crippen MR) is 64.4 cm³/mol. The number of hydrogen-bond donors (Lipinski definition) is 1. The van der Waals surface area contributed by atoms with Crippen molar-refractivity contribution in [3.8, 4) is 0 Å². The fourth-order valence-electron chi connectivity index (χ4n) is 2.94. The van der Waals surface area contributed by atoms with E-state index in [1.54, 1.807) is 0 Å². The first-order valence-electron chi connectivity index (χ1n) is 6.11. The smallest absolute Gasteiger partial charge is 0.138 e. The van der Waals surface area contributed by atoms with Crippen molar-refractivity contribution in [1.82, 2.24) is 5.06 Å². The third-order valence-electron chi connectivity index (χ3n) is 3.61. The van der Waals surface area contributed by atoms with Crippen LogP contribution in [0.5, 0.6) is 0 Å². The molecule has 94 valence electrons. The molecule has 0 aliphatic carbocycles. The van der Waals surface area contributed by atoms with Crippen LogP contribution in [0.2, 0.25) is 0 Å². The van der Waals surface area contributed by atoms with E-state index >= 15 is 0 Å². The topological polar surface area (TPSA) is 40.5 Å².